The Morgan fingerprint density at radius 2 is 1.77 bits per heavy atom. The minimum absolute atomic E-state index is 0.00294. The normalized spacial score (nSPS) is 19.0. The van der Waals surface area contributed by atoms with Gasteiger partial charge >= 0.3 is 0 Å². The van der Waals surface area contributed by atoms with Crippen LogP contribution in [-0.2, 0) is 15.0 Å². The SMILES string of the molecule is CC(=O)C1=C(c2ccccc2)Oc2nc(Cl)nc(Cl)c2C12C(=O)Nc1c(Cl)cccc12. The van der Waals surface area contributed by atoms with Gasteiger partial charge in [0.05, 0.1) is 21.8 Å². The summed E-state index contributed by atoms with van der Waals surface area (Å²) in [4.78, 5) is 35.0. The van der Waals surface area contributed by atoms with Crippen LogP contribution in [0.1, 0.15) is 23.6 Å². The minimum Gasteiger partial charge on any atom is -0.437 e. The number of aromatic nitrogens is 2. The molecule has 0 radical (unpaired) electrons. The van der Waals surface area contributed by atoms with E-state index in [9.17, 15) is 9.59 Å². The summed E-state index contributed by atoms with van der Waals surface area (Å²) in [7, 11) is 0. The van der Waals surface area contributed by atoms with Gasteiger partial charge < -0.3 is 10.1 Å². The first kappa shape index (κ1) is 20.0. The number of Topliss-reactive ketones (excluding diaryl/α,β-unsaturated/α-hetero) is 1. The second-order valence-electron chi connectivity index (χ2n) is 7.06. The van der Waals surface area contributed by atoms with Gasteiger partial charge in [0.1, 0.15) is 16.3 Å². The van der Waals surface area contributed by atoms with Crippen molar-refractivity contribution in [2.24, 2.45) is 0 Å². The van der Waals surface area contributed by atoms with Gasteiger partial charge in [0.25, 0.3) is 0 Å². The topological polar surface area (TPSA) is 81.2 Å². The Hall–Kier alpha value is -2.93. The Morgan fingerprint density at radius 3 is 2.48 bits per heavy atom. The van der Waals surface area contributed by atoms with Crippen molar-refractivity contribution < 1.29 is 14.3 Å². The van der Waals surface area contributed by atoms with Crippen LogP contribution < -0.4 is 10.1 Å². The zero-order valence-corrected chi connectivity index (χ0v) is 18.1. The maximum absolute atomic E-state index is 13.7. The molecule has 0 saturated carbocycles. The van der Waals surface area contributed by atoms with E-state index in [1.165, 1.54) is 6.92 Å². The third kappa shape index (κ3) is 2.72. The molecule has 154 valence electrons. The van der Waals surface area contributed by atoms with Crippen LogP contribution in [0.15, 0.2) is 54.1 Å². The molecule has 1 unspecified atom stereocenters. The summed E-state index contributed by atoms with van der Waals surface area (Å²) in [5, 5.41) is 2.89. The van der Waals surface area contributed by atoms with Crippen LogP contribution in [0.5, 0.6) is 5.88 Å². The van der Waals surface area contributed by atoms with E-state index in [4.69, 9.17) is 39.5 Å². The molecule has 1 spiro atoms. The molecule has 1 amide bonds. The molecule has 5 rings (SSSR count). The van der Waals surface area contributed by atoms with Crippen LogP contribution in [0.4, 0.5) is 5.69 Å². The number of para-hydroxylation sites is 1. The quantitative estimate of drug-likeness (QED) is 0.416. The summed E-state index contributed by atoms with van der Waals surface area (Å²) in [5.74, 6) is -0.698. The first-order valence-electron chi connectivity index (χ1n) is 9.18. The number of ketones is 1. The van der Waals surface area contributed by atoms with Crippen molar-refractivity contribution in [3.05, 3.63) is 86.3 Å². The van der Waals surface area contributed by atoms with E-state index in [1.54, 1.807) is 42.5 Å². The molecule has 9 heteroatoms. The third-order valence-electron chi connectivity index (χ3n) is 5.36. The predicted octanol–water partition coefficient (Wildman–Crippen LogP) is 5.07. The molecule has 2 aromatic carbocycles. The highest BCUT2D eigenvalue weighted by atomic mass is 35.5. The number of anilines is 1. The van der Waals surface area contributed by atoms with E-state index in [-0.39, 0.29) is 39.0 Å². The second kappa shape index (κ2) is 7.05. The first-order chi connectivity index (χ1) is 14.9. The van der Waals surface area contributed by atoms with Gasteiger partial charge in [-0.15, -0.1) is 0 Å². The number of hydrogen-bond acceptors (Lipinski definition) is 5. The number of rotatable bonds is 2. The van der Waals surface area contributed by atoms with Gasteiger partial charge in [-0.1, -0.05) is 65.7 Å². The van der Waals surface area contributed by atoms with Crippen LogP contribution in [0.3, 0.4) is 0 Å². The Balaban J connectivity index is 1.99. The maximum atomic E-state index is 13.7. The summed E-state index contributed by atoms with van der Waals surface area (Å²) in [6, 6.07) is 14.0. The summed E-state index contributed by atoms with van der Waals surface area (Å²) in [6.45, 7) is 1.37. The molecule has 3 heterocycles. The van der Waals surface area contributed by atoms with Gasteiger partial charge in [-0.05, 0) is 24.6 Å². The number of halogens is 3. The van der Waals surface area contributed by atoms with Crippen molar-refractivity contribution in [2.45, 2.75) is 12.3 Å². The molecule has 31 heavy (non-hydrogen) atoms. The zero-order valence-electron chi connectivity index (χ0n) is 15.9. The van der Waals surface area contributed by atoms with Crippen LogP contribution in [0, 0.1) is 0 Å². The average Bonchev–Trinajstić information content (AvgIpc) is 3.01. The summed E-state index contributed by atoms with van der Waals surface area (Å²) in [6.07, 6.45) is 0. The Labute approximate surface area is 191 Å². The van der Waals surface area contributed by atoms with Gasteiger partial charge in [-0.25, -0.2) is 4.98 Å². The highest BCUT2D eigenvalue weighted by molar-refractivity contribution is 6.37. The zero-order chi connectivity index (χ0) is 21.9. The molecular weight excluding hydrogens is 461 g/mol. The Kier molecular flexibility index (Phi) is 4.55. The smallest absolute Gasteiger partial charge is 0.244 e. The monoisotopic (exact) mass is 471 g/mol. The molecule has 3 aromatic rings. The lowest BCUT2D eigenvalue weighted by Crippen LogP contribution is -2.44. The largest absolute Gasteiger partial charge is 0.437 e. The van der Waals surface area contributed by atoms with Gasteiger partial charge in [0.15, 0.2) is 5.78 Å². The molecule has 0 saturated heterocycles. The molecular formula is C22H12Cl3N3O3. The molecule has 0 aliphatic carbocycles. The highest BCUT2D eigenvalue weighted by Crippen LogP contribution is 2.57. The lowest BCUT2D eigenvalue weighted by molar-refractivity contribution is -0.121. The fourth-order valence-electron chi connectivity index (χ4n) is 4.23. The van der Waals surface area contributed by atoms with Crippen LogP contribution in [0.2, 0.25) is 15.5 Å². The number of carbonyl (C=O) groups excluding carboxylic acids is 2. The van der Waals surface area contributed by atoms with Gasteiger partial charge in [-0.3, -0.25) is 9.59 Å². The summed E-state index contributed by atoms with van der Waals surface area (Å²) < 4.78 is 6.06. The standard InChI is InChI=1S/C22H12Cl3N3O3/c1-10(29)14-17(11-6-3-2-4-7-11)31-19-15(18(24)27-21(25)28-19)22(14)12-8-5-9-13(23)16(12)26-20(22)30/h2-9H,1H3,(H,26,30). The van der Waals surface area contributed by atoms with E-state index in [0.717, 1.165) is 0 Å². The Bertz CT molecular complexity index is 1320. The van der Waals surface area contributed by atoms with Crippen molar-refractivity contribution in [2.75, 3.05) is 5.32 Å². The van der Waals surface area contributed by atoms with Gasteiger partial charge in [-0.2, -0.15) is 4.98 Å². The maximum Gasteiger partial charge on any atom is 0.244 e. The molecule has 0 bridgehead atoms. The third-order valence-corrected chi connectivity index (χ3v) is 6.12. The highest BCUT2D eigenvalue weighted by Gasteiger charge is 2.59. The molecule has 0 fully saturated rings. The molecule has 1 aromatic heterocycles. The molecule has 1 atom stereocenters. The van der Waals surface area contributed by atoms with Crippen molar-refractivity contribution in [1.82, 2.24) is 9.97 Å². The summed E-state index contributed by atoms with van der Waals surface area (Å²) in [5.41, 5.74) is 0.0264. The predicted molar refractivity (Wildman–Crippen MR) is 118 cm³/mol. The fraction of sp³-hybridized carbons (Fsp3) is 0.0909. The average molecular weight is 473 g/mol. The van der Waals surface area contributed by atoms with Crippen LogP contribution in [0.25, 0.3) is 5.76 Å². The van der Waals surface area contributed by atoms with Gasteiger partial charge in [0, 0.05) is 11.1 Å². The molecule has 2 aliphatic rings. The number of hydrogen-bond donors (Lipinski definition) is 1. The van der Waals surface area contributed by atoms with E-state index in [0.29, 0.717) is 21.8 Å². The molecule has 6 nitrogen and oxygen atoms in total. The van der Waals surface area contributed by atoms with E-state index in [2.05, 4.69) is 15.3 Å². The fourth-order valence-corrected chi connectivity index (χ4v) is 4.96. The van der Waals surface area contributed by atoms with Crippen molar-refractivity contribution in [3.63, 3.8) is 0 Å². The number of amides is 1. The van der Waals surface area contributed by atoms with Crippen molar-refractivity contribution >= 4 is 57.9 Å². The van der Waals surface area contributed by atoms with E-state index in [1.807, 2.05) is 6.07 Å². The molecule has 2 aliphatic heterocycles. The number of nitrogens with zero attached hydrogens (tertiary/aromatic N) is 2. The number of ether oxygens (including phenoxy) is 1. The van der Waals surface area contributed by atoms with E-state index >= 15 is 0 Å². The number of fused-ring (bicyclic) bond motifs is 4. The number of carbonyl (C=O) groups is 2. The van der Waals surface area contributed by atoms with Crippen molar-refractivity contribution in [1.29, 1.82) is 0 Å². The van der Waals surface area contributed by atoms with Crippen molar-refractivity contribution in [3.8, 4) is 5.88 Å². The van der Waals surface area contributed by atoms with E-state index < -0.39 is 11.3 Å². The lowest BCUT2D eigenvalue weighted by atomic mass is 9.67. The van der Waals surface area contributed by atoms with Crippen LogP contribution >= 0.6 is 34.8 Å². The molecule has 1 N–H and O–H groups in total. The number of benzene rings is 2. The van der Waals surface area contributed by atoms with Crippen LogP contribution in [-0.4, -0.2) is 21.7 Å². The Morgan fingerprint density at radius 1 is 1.03 bits per heavy atom. The van der Waals surface area contributed by atoms with Gasteiger partial charge in [0.2, 0.25) is 17.1 Å². The number of nitrogens with one attached hydrogen (secondary N) is 1. The minimum atomic E-state index is -1.66. The summed E-state index contributed by atoms with van der Waals surface area (Å²) >= 11 is 18.9. The second-order valence-corrected chi connectivity index (χ2v) is 8.16. The lowest BCUT2D eigenvalue weighted by Gasteiger charge is -2.36. The first-order valence-corrected chi connectivity index (χ1v) is 10.3.